The average molecular weight is 420 g/mol. The zero-order valence-corrected chi connectivity index (χ0v) is 17.6. The molecule has 1 aromatic carbocycles. The van der Waals surface area contributed by atoms with Gasteiger partial charge in [0.1, 0.15) is 0 Å². The molecular formula is C22H28O8. The maximum atomic E-state index is 11.8. The van der Waals surface area contributed by atoms with E-state index in [1.165, 1.54) is 13.2 Å². The van der Waals surface area contributed by atoms with Gasteiger partial charge in [-0.05, 0) is 43.5 Å². The lowest BCUT2D eigenvalue weighted by Crippen LogP contribution is -2.13. The Morgan fingerprint density at radius 2 is 1.63 bits per heavy atom. The molecule has 0 atom stereocenters. The lowest BCUT2D eigenvalue weighted by molar-refractivity contribution is -0.146. The summed E-state index contributed by atoms with van der Waals surface area (Å²) in [5, 5.41) is 0. The molecule has 0 heterocycles. The molecule has 30 heavy (non-hydrogen) atoms. The van der Waals surface area contributed by atoms with E-state index in [9.17, 15) is 14.4 Å². The predicted octanol–water partition coefficient (Wildman–Crippen LogP) is 3.09. The van der Waals surface area contributed by atoms with Gasteiger partial charge in [0.25, 0.3) is 0 Å². The zero-order valence-electron chi connectivity index (χ0n) is 17.6. The molecule has 0 aliphatic rings. The SMILES string of the molecule is C=C(CC(=O)OCC)C(=O)OCCCCOC(=O)/C=C/c1ccc(OC)c(OC)c1. The Labute approximate surface area is 176 Å². The molecule has 1 aromatic rings. The standard InChI is InChI=1S/C22H28O8/c1-5-28-21(24)14-16(2)22(25)30-13-7-6-12-29-20(23)11-9-17-8-10-18(26-3)19(15-17)27-4/h8-11,15H,2,5-7,12-14H2,1,3-4H3/b11-9+. The van der Waals surface area contributed by atoms with Crippen molar-refractivity contribution in [2.24, 2.45) is 0 Å². The predicted molar refractivity (Wildman–Crippen MR) is 110 cm³/mol. The van der Waals surface area contributed by atoms with Crippen LogP contribution in [-0.2, 0) is 28.6 Å². The van der Waals surface area contributed by atoms with E-state index in [1.807, 2.05) is 0 Å². The number of hydrogen-bond acceptors (Lipinski definition) is 8. The van der Waals surface area contributed by atoms with Crippen LogP contribution in [0.3, 0.4) is 0 Å². The van der Waals surface area contributed by atoms with Gasteiger partial charge in [-0.25, -0.2) is 9.59 Å². The van der Waals surface area contributed by atoms with Gasteiger partial charge in [0, 0.05) is 11.6 Å². The fourth-order valence-electron chi connectivity index (χ4n) is 2.27. The lowest BCUT2D eigenvalue weighted by atomic mass is 10.2. The van der Waals surface area contributed by atoms with Crippen molar-refractivity contribution in [2.75, 3.05) is 34.0 Å². The van der Waals surface area contributed by atoms with Crippen LogP contribution in [0.15, 0.2) is 36.4 Å². The Morgan fingerprint density at radius 1 is 0.967 bits per heavy atom. The summed E-state index contributed by atoms with van der Waals surface area (Å²) in [4.78, 5) is 34.7. The van der Waals surface area contributed by atoms with Crippen molar-refractivity contribution in [3.8, 4) is 11.5 Å². The molecule has 0 saturated heterocycles. The van der Waals surface area contributed by atoms with Gasteiger partial charge in [-0.2, -0.15) is 0 Å². The first-order valence-electron chi connectivity index (χ1n) is 9.48. The van der Waals surface area contributed by atoms with E-state index >= 15 is 0 Å². The zero-order chi connectivity index (χ0) is 22.4. The number of benzene rings is 1. The van der Waals surface area contributed by atoms with Crippen LogP contribution in [0.5, 0.6) is 11.5 Å². The lowest BCUT2D eigenvalue weighted by Gasteiger charge is -2.08. The molecule has 0 aromatic heterocycles. The van der Waals surface area contributed by atoms with Gasteiger partial charge in [-0.1, -0.05) is 12.6 Å². The fraction of sp³-hybridized carbons (Fsp3) is 0.409. The van der Waals surface area contributed by atoms with E-state index in [-0.39, 0.29) is 31.8 Å². The van der Waals surface area contributed by atoms with Crippen LogP contribution in [0.25, 0.3) is 6.08 Å². The highest BCUT2D eigenvalue weighted by atomic mass is 16.5. The first kappa shape index (κ1) is 24.7. The number of ether oxygens (including phenoxy) is 5. The summed E-state index contributed by atoms with van der Waals surface area (Å²) in [5.41, 5.74) is 0.805. The average Bonchev–Trinajstić information content (AvgIpc) is 2.74. The van der Waals surface area contributed by atoms with Crippen molar-refractivity contribution in [3.05, 3.63) is 42.0 Å². The van der Waals surface area contributed by atoms with E-state index in [1.54, 1.807) is 38.3 Å². The number of unbranched alkanes of at least 4 members (excludes halogenated alkanes) is 1. The molecule has 0 N–H and O–H groups in total. The molecule has 0 aliphatic heterocycles. The summed E-state index contributed by atoms with van der Waals surface area (Å²) in [6.45, 7) is 5.76. The third-order valence-corrected chi connectivity index (χ3v) is 3.79. The summed E-state index contributed by atoms with van der Waals surface area (Å²) in [6.07, 6.45) is 3.76. The first-order valence-corrected chi connectivity index (χ1v) is 9.48. The molecular weight excluding hydrogens is 392 g/mol. The summed E-state index contributed by atoms with van der Waals surface area (Å²) in [7, 11) is 3.08. The molecule has 0 fully saturated rings. The second-order valence-electron chi connectivity index (χ2n) is 6.04. The molecule has 0 radical (unpaired) electrons. The van der Waals surface area contributed by atoms with Gasteiger partial charge < -0.3 is 23.7 Å². The second kappa shape index (κ2) is 13.8. The molecule has 164 valence electrons. The molecule has 0 bridgehead atoms. The van der Waals surface area contributed by atoms with E-state index in [4.69, 9.17) is 23.7 Å². The van der Waals surface area contributed by atoms with Crippen LogP contribution in [0, 0.1) is 0 Å². The Balaban J connectivity index is 2.24. The van der Waals surface area contributed by atoms with Gasteiger partial charge in [0.2, 0.25) is 0 Å². The Morgan fingerprint density at radius 3 is 2.27 bits per heavy atom. The Kier molecular flexibility index (Phi) is 11.4. The normalized spacial score (nSPS) is 10.4. The van der Waals surface area contributed by atoms with Crippen LogP contribution in [0.4, 0.5) is 0 Å². The minimum Gasteiger partial charge on any atom is -0.493 e. The smallest absolute Gasteiger partial charge is 0.333 e. The molecule has 0 unspecified atom stereocenters. The maximum Gasteiger partial charge on any atom is 0.333 e. The van der Waals surface area contributed by atoms with Crippen LogP contribution < -0.4 is 9.47 Å². The summed E-state index contributed by atoms with van der Waals surface area (Å²) < 4.78 is 25.2. The third-order valence-electron chi connectivity index (χ3n) is 3.79. The number of esters is 3. The van der Waals surface area contributed by atoms with Crippen LogP contribution in [0.1, 0.15) is 31.7 Å². The van der Waals surface area contributed by atoms with Gasteiger partial charge >= 0.3 is 17.9 Å². The van der Waals surface area contributed by atoms with E-state index in [2.05, 4.69) is 6.58 Å². The number of hydrogen-bond donors (Lipinski definition) is 0. The maximum absolute atomic E-state index is 11.8. The largest absolute Gasteiger partial charge is 0.493 e. The number of rotatable bonds is 13. The topological polar surface area (TPSA) is 97.4 Å². The molecule has 0 spiro atoms. The van der Waals surface area contributed by atoms with E-state index < -0.39 is 17.9 Å². The summed E-state index contributed by atoms with van der Waals surface area (Å²) in [5.74, 6) is -0.482. The summed E-state index contributed by atoms with van der Waals surface area (Å²) >= 11 is 0. The fourth-order valence-corrected chi connectivity index (χ4v) is 2.27. The Hall–Kier alpha value is -3.29. The monoisotopic (exact) mass is 420 g/mol. The quantitative estimate of drug-likeness (QED) is 0.208. The van der Waals surface area contributed by atoms with Crippen LogP contribution >= 0.6 is 0 Å². The third kappa shape index (κ3) is 9.27. The number of carbonyl (C=O) groups excluding carboxylic acids is 3. The van der Waals surface area contributed by atoms with Crippen molar-refractivity contribution >= 4 is 24.0 Å². The molecule has 0 aliphatic carbocycles. The minimum atomic E-state index is -0.641. The number of carbonyl (C=O) groups is 3. The highest BCUT2D eigenvalue weighted by molar-refractivity contribution is 5.93. The van der Waals surface area contributed by atoms with E-state index in [0.29, 0.717) is 24.3 Å². The van der Waals surface area contributed by atoms with Crippen molar-refractivity contribution in [3.63, 3.8) is 0 Å². The minimum absolute atomic E-state index is 0.0418. The van der Waals surface area contributed by atoms with Crippen molar-refractivity contribution < 1.29 is 38.1 Å². The van der Waals surface area contributed by atoms with Gasteiger partial charge in [0.05, 0.1) is 40.5 Å². The molecule has 8 nitrogen and oxygen atoms in total. The molecule has 0 amide bonds. The molecule has 8 heteroatoms. The Bertz CT molecular complexity index is 766. The van der Waals surface area contributed by atoms with E-state index in [0.717, 1.165) is 5.56 Å². The van der Waals surface area contributed by atoms with Crippen LogP contribution in [0.2, 0.25) is 0 Å². The molecule has 1 rings (SSSR count). The second-order valence-corrected chi connectivity index (χ2v) is 6.04. The van der Waals surface area contributed by atoms with Crippen molar-refractivity contribution in [2.45, 2.75) is 26.2 Å². The van der Waals surface area contributed by atoms with Crippen molar-refractivity contribution in [1.82, 2.24) is 0 Å². The highest BCUT2D eigenvalue weighted by Crippen LogP contribution is 2.27. The van der Waals surface area contributed by atoms with Gasteiger partial charge in [-0.15, -0.1) is 0 Å². The molecule has 0 saturated carbocycles. The van der Waals surface area contributed by atoms with Gasteiger partial charge in [-0.3, -0.25) is 4.79 Å². The highest BCUT2D eigenvalue weighted by Gasteiger charge is 2.13. The first-order chi connectivity index (χ1) is 14.4. The number of methoxy groups -OCH3 is 2. The van der Waals surface area contributed by atoms with Crippen LogP contribution in [-0.4, -0.2) is 51.9 Å². The van der Waals surface area contributed by atoms with Gasteiger partial charge in [0.15, 0.2) is 11.5 Å². The summed E-state index contributed by atoms with van der Waals surface area (Å²) in [6, 6.07) is 5.27. The van der Waals surface area contributed by atoms with Crippen molar-refractivity contribution in [1.29, 1.82) is 0 Å².